The molecular weight excluding hydrogens is 688 g/mol. The van der Waals surface area contributed by atoms with Gasteiger partial charge in [0, 0.05) is 39.5 Å². The lowest BCUT2D eigenvalue weighted by Crippen LogP contribution is -2.60. The number of nitrogens with zero attached hydrogens (tertiary/aromatic N) is 3. The van der Waals surface area contributed by atoms with Gasteiger partial charge in [-0.15, -0.1) is 0 Å². The highest BCUT2D eigenvalue weighted by atomic mass is 16.5. The molecule has 54 heavy (non-hydrogen) atoms. The lowest BCUT2D eigenvalue weighted by atomic mass is 9.89. The number of carbonyl (C=O) groups excluding carboxylic acids is 4. The molecule has 1 saturated carbocycles. The average molecular weight is 757 g/mol. The van der Waals surface area contributed by atoms with E-state index in [1.165, 1.54) is 0 Å². The van der Waals surface area contributed by atoms with Gasteiger partial charge in [0.05, 0.1) is 55.3 Å². The number of nitrogens with one attached hydrogen (secondary N) is 2. The Morgan fingerprint density at radius 3 is 2.35 bits per heavy atom. The zero-order valence-corrected chi connectivity index (χ0v) is 34.1. The van der Waals surface area contributed by atoms with Crippen molar-refractivity contribution in [1.82, 2.24) is 25.3 Å². The van der Waals surface area contributed by atoms with E-state index in [1.807, 2.05) is 39.1 Å². The molecule has 4 amide bonds. The minimum Gasteiger partial charge on any atom is -0.399 e. The van der Waals surface area contributed by atoms with Crippen LogP contribution in [-0.2, 0) is 35.1 Å². The van der Waals surface area contributed by atoms with Gasteiger partial charge in [0.1, 0.15) is 6.04 Å². The van der Waals surface area contributed by atoms with Crippen molar-refractivity contribution in [2.75, 3.05) is 47.2 Å². The average Bonchev–Trinajstić information content (AvgIpc) is 3.90. The molecule has 11 atom stereocenters. The molecule has 1 aromatic carbocycles. The number of piperidine rings is 1. The Kier molecular flexibility index (Phi) is 15.7. The smallest absolute Gasteiger partial charge is 0.245 e. The van der Waals surface area contributed by atoms with Crippen LogP contribution >= 0.6 is 0 Å². The standard InChI is InChI=1S/C41H68N6O7/c1-10-25(4)36(46(7)41(52)35(24(2)3)44-40(51)37-28-16-17-31(21-28)45(37)6)33(53-8)22-34(49)47-18-12-15-32(47)38(54-9)26(5)39(50)43-30(23-48)20-27-13-11-14-29(42)19-27/h11,13-14,19,24-26,28,30-33,35-38,48H,10,12,15-18,20-23,42H2,1-9H3,(H,43,50)(H,44,51). The molecule has 13 nitrogen and oxygen atoms in total. The van der Waals surface area contributed by atoms with Crippen LogP contribution in [0.5, 0.6) is 0 Å². The fraction of sp³-hybridized carbons (Fsp3) is 0.756. The number of likely N-dealkylation sites (tertiary alicyclic amines) is 2. The summed E-state index contributed by atoms with van der Waals surface area (Å²) in [7, 11) is 6.90. The van der Waals surface area contributed by atoms with Gasteiger partial charge in [0.15, 0.2) is 0 Å². The molecular formula is C41H68N6O7. The summed E-state index contributed by atoms with van der Waals surface area (Å²) < 4.78 is 12.0. The number of methoxy groups -OCH3 is 2. The van der Waals surface area contributed by atoms with E-state index in [2.05, 4.69) is 29.4 Å². The molecule has 5 N–H and O–H groups in total. The molecule has 11 unspecified atom stereocenters. The third-order valence-electron chi connectivity index (χ3n) is 12.7. The molecule has 1 aromatic rings. The Hall–Kier alpha value is -3.26. The highest BCUT2D eigenvalue weighted by Gasteiger charge is 2.48. The first-order chi connectivity index (χ1) is 25.7. The highest BCUT2D eigenvalue weighted by Crippen LogP contribution is 2.41. The van der Waals surface area contributed by atoms with E-state index in [-0.39, 0.29) is 60.6 Å². The number of fused-ring (bicyclic) bond motifs is 2. The number of nitrogens with two attached hydrogens (primary N) is 1. The monoisotopic (exact) mass is 757 g/mol. The Balaban J connectivity index is 1.44. The van der Waals surface area contributed by atoms with Crippen LogP contribution in [-0.4, -0.2) is 133 Å². The lowest BCUT2D eigenvalue weighted by molar-refractivity contribution is -0.148. The van der Waals surface area contributed by atoms with Gasteiger partial charge in [-0.05, 0) is 81.0 Å². The normalized spacial score (nSPS) is 25.1. The minimum absolute atomic E-state index is 0.00599. The first kappa shape index (κ1) is 43.5. The van der Waals surface area contributed by atoms with Crippen molar-refractivity contribution in [2.24, 2.45) is 23.7 Å². The lowest BCUT2D eigenvalue weighted by Gasteiger charge is -2.41. The third kappa shape index (κ3) is 9.94. The van der Waals surface area contributed by atoms with Crippen LogP contribution in [0.3, 0.4) is 0 Å². The number of hydrogen-bond donors (Lipinski definition) is 4. The zero-order chi connectivity index (χ0) is 39.9. The van der Waals surface area contributed by atoms with Crippen LogP contribution in [0.15, 0.2) is 24.3 Å². The van der Waals surface area contributed by atoms with E-state index < -0.39 is 36.3 Å². The van der Waals surface area contributed by atoms with Gasteiger partial charge in [0.25, 0.3) is 0 Å². The second-order valence-electron chi connectivity index (χ2n) is 16.5. The number of aliphatic hydroxyl groups excluding tert-OH is 1. The molecule has 3 fully saturated rings. The molecule has 0 aromatic heterocycles. The number of carbonyl (C=O) groups is 4. The number of ether oxygens (including phenoxy) is 2. The molecule has 4 rings (SSSR count). The largest absolute Gasteiger partial charge is 0.399 e. The van der Waals surface area contributed by atoms with Crippen molar-refractivity contribution in [3.8, 4) is 0 Å². The minimum atomic E-state index is -0.718. The highest BCUT2D eigenvalue weighted by molar-refractivity contribution is 5.90. The second kappa shape index (κ2) is 19.6. The summed E-state index contributed by atoms with van der Waals surface area (Å²) in [6, 6.07) is 5.56. The van der Waals surface area contributed by atoms with Crippen LogP contribution in [0.1, 0.15) is 85.1 Å². The molecule has 2 heterocycles. The predicted molar refractivity (Wildman–Crippen MR) is 209 cm³/mol. The van der Waals surface area contributed by atoms with Crippen molar-refractivity contribution < 1.29 is 33.8 Å². The number of anilines is 1. The van der Waals surface area contributed by atoms with Gasteiger partial charge in [-0.25, -0.2) is 0 Å². The van der Waals surface area contributed by atoms with E-state index >= 15 is 0 Å². The van der Waals surface area contributed by atoms with E-state index in [0.29, 0.717) is 37.0 Å². The van der Waals surface area contributed by atoms with Gasteiger partial charge in [-0.2, -0.15) is 0 Å². The summed E-state index contributed by atoms with van der Waals surface area (Å²) >= 11 is 0. The van der Waals surface area contributed by atoms with Crippen LogP contribution in [0, 0.1) is 23.7 Å². The van der Waals surface area contributed by atoms with Gasteiger partial charge in [-0.3, -0.25) is 24.1 Å². The molecule has 2 bridgehead atoms. The number of likely N-dealkylation sites (N-methyl/N-ethyl adjacent to an activating group) is 2. The van der Waals surface area contributed by atoms with Crippen molar-refractivity contribution in [3.05, 3.63) is 29.8 Å². The van der Waals surface area contributed by atoms with Gasteiger partial charge >= 0.3 is 0 Å². The number of hydrogen-bond acceptors (Lipinski definition) is 9. The number of rotatable bonds is 19. The first-order valence-corrected chi connectivity index (χ1v) is 20.1. The summed E-state index contributed by atoms with van der Waals surface area (Å²) in [5, 5.41) is 16.2. The molecule has 1 aliphatic carbocycles. The predicted octanol–water partition coefficient (Wildman–Crippen LogP) is 2.83. The van der Waals surface area contributed by atoms with Crippen LogP contribution in [0.2, 0.25) is 0 Å². The van der Waals surface area contributed by atoms with Crippen molar-refractivity contribution in [2.45, 2.75) is 134 Å². The van der Waals surface area contributed by atoms with Gasteiger partial charge in [0.2, 0.25) is 23.6 Å². The van der Waals surface area contributed by atoms with E-state index in [9.17, 15) is 24.3 Å². The number of aliphatic hydroxyl groups is 1. The number of benzene rings is 1. The number of nitrogen functional groups attached to an aromatic ring is 1. The topological polar surface area (TPSA) is 167 Å². The summed E-state index contributed by atoms with van der Waals surface area (Å²) in [5.41, 5.74) is 7.44. The summed E-state index contributed by atoms with van der Waals surface area (Å²) in [6.07, 6.45) is 4.64. The van der Waals surface area contributed by atoms with Crippen molar-refractivity contribution in [1.29, 1.82) is 0 Å². The zero-order valence-electron chi connectivity index (χ0n) is 34.1. The Morgan fingerprint density at radius 2 is 1.78 bits per heavy atom. The fourth-order valence-corrected chi connectivity index (χ4v) is 9.38. The maximum atomic E-state index is 14.3. The van der Waals surface area contributed by atoms with E-state index in [4.69, 9.17) is 15.2 Å². The molecule has 0 radical (unpaired) electrons. The van der Waals surface area contributed by atoms with E-state index in [0.717, 1.165) is 37.7 Å². The number of amides is 4. The summed E-state index contributed by atoms with van der Waals surface area (Å²) in [6.45, 7) is 10.1. The third-order valence-corrected chi connectivity index (χ3v) is 12.7. The van der Waals surface area contributed by atoms with Crippen LogP contribution < -0.4 is 16.4 Å². The molecule has 2 saturated heterocycles. The molecule has 3 aliphatic rings. The van der Waals surface area contributed by atoms with Gasteiger partial charge < -0.3 is 40.7 Å². The molecule has 2 aliphatic heterocycles. The van der Waals surface area contributed by atoms with Crippen molar-refractivity contribution >= 4 is 29.3 Å². The first-order valence-electron chi connectivity index (χ1n) is 20.1. The Morgan fingerprint density at radius 1 is 1.06 bits per heavy atom. The maximum absolute atomic E-state index is 14.3. The van der Waals surface area contributed by atoms with Gasteiger partial charge in [-0.1, -0.05) is 53.2 Å². The maximum Gasteiger partial charge on any atom is 0.245 e. The molecule has 304 valence electrons. The van der Waals surface area contributed by atoms with E-state index in [1.54, 1.807) is 44.1 Å². The Bertz CT molecular complexity index is 1430. The van der Waals surface area contributed by atoms with Crippen LogP contribution in [0.4, 0.5) is 5.69 Å². The molecule has 13 heteroatoms. The SMILES string of the molecule is CCC(C)C(C(CC(=O)N1CCCC1C(OC)C(C)C(=O)NC(CO)Cc1cccc(N)c1)OC)N(C)C(=O)C(NC(=O)C1C2CCC(C2)N1C)C(C)C. The quantitative estimate of drug-likeness (QED) is 0.155. The van der Waals surface area contributed by atoms with Crippen LogP contribution in [0.25, 0.3) is 0 Å². The Labute approximate surface area is 323 Å². The summed E-state index contributed by atoms with van der Waals surface area (Å²) in [4.78, 5) is 61.4. The fourth-order valence-electron chi connectivity index (χ4n) is 9.38. The van der Waals surface area contributed by atoms with Crippen molar-refractivity contribution in [3.63, 3.8) is 0 Å². The second-order valence-corrected chi connectivity index (χ2v) is 16.5. The molecule has 0 spiro atoms. The summed E-state index contributed by atoms with van der Waals surface area (Å²) in [5.74, 6) is -1.13.